The molecule has 0 radical (unpaired) electrons. The second kappa shape index (κ2) is 3.68. The van der Waals surface area contributed by atoms with Crippen molar-refractivity contribution >= 4 is 29.6 Å². The molecule has 0 bridgehead atoms. The van der Waals surface area contributed by atoms with Crippen molar-refractivity contribution in [1.82, 2.24) is 5.48 Å². The zero-order valence-electron chi connectivity index (χ0n) is 2.58. The summed E-state index contributed by atoms with van der Waals surface area (Å²) in [7, 11) is 0. The van der Waals surface area contributed by atoms with Crippen LogP contribution in [0.15, 0.2) is 0 Å². The van der Waals surface area contributed by atoms with Crippen LogP contribution in [-0.2, 0) is 0 Å². The van der Waals surface area contributed by atoms with Crippen LogP contribution in [0, 0.1) is 0 Å². The molecule has 0 unspecified atom stereocenters. The molecule has 0 aliphatic heterocycles. The quantitative estimate of drug-likeness (QED) is 0.268. The van der Waals surface area contributed by atoms with Gasteiger partial charge in [0.2, 0.25) is 0 Å². The molecule has 0 aromatic heterocycles. The molecule has 2 nitrogen and oxygen atoms in total. The average molecular weight is 125 g/mol. The molecule has 0 heterocycles. The van der Waals surface area contributed by atoms with E-state index in [0.29, 0.717) is 0 Å². The van der Waals surface area contributed by atoms with E-state index in [9.17, 15) is 13.2 Å². The molecule has 40 valence electrons. The van der Waals surface area contributed by atoms with Crippen LogP contribution >= 0.6 is 0 Å². The van der Waals surface area contributed by atoms with Gasteiger partial charge in [-0.2, -0.15) is 13.2 Å². The molecule has 2 N–H and O–H groups in total. The van der Waals surface area contributed by atoms with E-state index in [-0.39, 0.29) is 35.0 Å². The van der Waals surface area contributed by atoms with Crippen molar-refractivity contribution in [2.75, 3.05) is 0 Å². The molecular formula is CH3F3NNaO. The number of hydrogen-bond donors (Lipinski definition) is 2. The number of alkyl halides is 3. The minimum atomic E-state index is -4.65. The van der Waals surface area contributed by atoms with Crippen LogP contribution in [0.2, 0.25) is 0 Å². The van der Waals surface area contributed by atoms with Crippen molar-refractivity contribution < 1.29 is 18.4 Å². The third-order valence-corrected chi connectivity index (χ3v) is 0.127. The minimum absolute atomic E-state index is 0. The van der Waals surface area contributed by atoms with E-state index in [0.717, 1.165) is 0 Å². The summed E-state index contributed by atoms with van der Waals surface area (Å²) in [6, 6.07) is 0. The Morgan fingerprint density at radius 2 is 1.43 bits per heavy atom. The molecule has 0 aromatic carbocycles. The molecule has 0 fully saturated rings. The van der Waals surface area contributed by atoms with Crippen molar-refractivity contribution in [3.63, 3.8) is 0 Å². The van der Waals surface area contributed by atoms with Gasteiger partial charge in [-0.25, -0.2) is 0 Å². The number of hydrogen-bond acceptors (Lipinski definition) is 2. The summed E-state index contributed by atoms with van der Waals surface area (Å²) in [4.78, 5) is 0. The van der Waals surface area contributed by atoms with Gasteiger partial charge in [0.1, 0.15) is 0 Å². The monoisotopic (exact) mass is 125 g/mol. The Morgan fingerprint density at radius 1 is 1.29 bits per heavy atom. The van der Waals surface area contributed by atoms with E-state index < -0.39 is 6.30 Å². The van der Waals surface area contributed by atoms with E-state index in [1.54, 1.807) is 0 Å². The fourth-order valence-electron chi connectivity index (χ4n) is 0. The van der Waals surface area contributed by atoms with Gasteiger partial charge in [0.25, 0.3) is 0 Å². The zero-order chi connectivity index (χ0) is 5.21. The van der Waals surface area contributed by atoms with Crippen LogP contribution in [0.3, 0.4) is 0 Å². The summed E-state index contributed by atoms with van der Waals surface area (Å²) in [5.74, 6) is 0. The van der Waals surface area contributed by atoms with Gasteiger partial charge in [0.15, 0.2) is 0 Å². The summed E-state index contributed by atoms with van der Waals surface area (Å²) in [6.45, 7) is 0. The van der Waals surface area contributed by atoms with Crippen molar-refractivity contribution in [3.05, 3.63) is 0 Å². The van der Waals surface area contributed by atoms with Gasteiger partial charge in [-0.1, -0.05) is 0 Å². The fraction of sp³-hybridized carbons (Fsp3) is 1.00. The Morgan fingerprint density at radius 3 is 1.43 bits per heavy atom. The van der Waals surface area contributed by atoms with Gasteiger partial charge in [-0.15, -0.1) is 5.48 Å². The fourth-order valence-corrected chi connectivity index (χ4v) is 0. The van der Waals surface area contributed by atoms with Gasteiger partial charge in [-0.05, 0) is 0 Å². The first kappa shape index (κ1) is 10.6. The Balaban J connectivity index is 0. The van der Waals surface area contributed by atoms with Crippen LogP contribution < -0.4 is 5.48 Å². The van der Waals surface area contributed by atoms with Crippen molar-refractivity contribution in [2.24, 2.45) is 0 Å². The first-order valence-corrected chi connectivity index (χ1v) is 1.04. The standard InChI is InChI=1S/CH2F3NO.Na.H/c2-1(3,4)5-6;;/h5-6H;;. The predicted molar refractivity (Wildman–Crippen MR) is 18.1 cm³/mol. The molecule has 0 rings (SSSR count). The predicted octanol–water partition coefficient (Wildman–Crippen LogP) is -0.163. The molecule has 0 aromatic rings. The van der Waals surface area contributed by atoms with Crippen molar-refractivity contribution in [3.8, 4) is 0 Å². The van der Waals surface area contributed by atoms with Crippen molar-refractivity contribution in [1.29, 1.82) is 0 Å². The molecular weight excluding hydrogens is 122 g/mol. The van der Waals surface area contributed by atoms with E-state index in [1.807, 2.05) is 0 Å². The molecule has 7 heavy (non-hydrogen) atoms. The van der Waals surface area contributed by atoms with Gasteiger partial charge in [-0.3, -0.25) is 0 Å². The Bertz CT molecular complexity index is 44.7. The van der Waals surface area contributed by atoms with Crippen LogP contribution in [0.1, 0.15) is 0 Å². The number of hydroxylamine groups is 1. The first-order chi connectivity index (χ1) is 2.56. The van der Waals surface area contributed by atoms with Gasteiger partial charge >= 0.3 is 35.9 Å². The van der Waals surface area contributed by atoms with E-state index in [1.165, 1.54) is 0 Å². The summed E-state index contributed by atoms with van der Waals surface area (Å²) in [6.07, 6.45) is -4.65. The van der Waals surface area contributed by atoms with E-state index >= 15 is 0 Å². The number of nitrogens with one attached hydrogen (secondary N) is 1. The summed E-state index contributed by atoms with van der Waals surface area (Å²) >= 11 is 0. The van der Waals surface area contributed by atoms with Crippen LogP contribution in [0.25, 0.3) is 0 Å². The van der Waals surface area contributed by atoms with Crippen molar-refractivity contribution in [2.45, 2.75) is 6.30 Å². The average Bonchev–Trinajstić information content (AvgIpc) is 1.35. The molecule has 0 saturated heterocycles. The molecule has 0 amide bonds. The first-order valence-electron chi connectivity index (χ1n) is 1.04. The second-order valence-electron chi connectivity index (χ2n) is 0.610. The summed E-state index contributed by atoms with van der Waals surface area (Å²) in [5.41, 5.74) is 0.104. The third-order valence-electron chi connectivity index (χ3n) is 0.127. The molecule has 0 saturated carbocycles. The van der Waals surface area contributed by atoms with E-state index in [2.05, 4.69) is 0 Å². The SMILES string of the molecule is ONC(F)(F)F.[NaH]. The molecule has 6 heteroatoms. The van der Waals surface area contributed by atoms with Gasteiger partial charge in [0.05, 0.1) is 0 Å². The molecule has 0 aliphatic rings. The topological polar surface area (TPSA) is 32.3 Å². The van der Waals surface area contributed by atoms with E-state index in [4.69, 9.17) is 5.21 Å². The molecule has 0 spiro atoms. The zero-order valence-corrected chi connectivity index (χ0v) is 2.58. The summed E-state index contributed by atoms with van der Waals surface area (Å²) < 4.78 is 31.3. The summed E-state index contributed by atoms with van der Waals surface area (Å²) in [5, 5.41) is 7.03. The van der Waals surface area contributed by atoms with Gasteiger partial charge < -0.3 is 5.21 Å². The Labute approximate surface area is 59.9 Å². The normalized spacial score (nSPS) is 10.3. The number of halogens is 3. The number of rotatable bonds is 0. The molecule has 0 aliphatic carbocycles. The van der Waals surface area contributed by atoms with Crippen LogP contribution in [-0.4, -0.2) is 41.1 Å². The second-order valence-corrected chi connectivity index (χ2v) is 0.610. The Kier molecular flexibility index (Phi) is 5.60. The van der Waals surface area contributed by atoms with Crippen LogP contribution in [0.4, 0.5) is 13.2 Å². The van der Waals surface area contributed by atoms with Crippen LogP contribution in [0.5, 0.6) is 0 Å². The maximum atomic E-state index is 10.4. The Hall–Kier alpha value is 0.710. The maximum absolute atomic E-state index is 10.4. The third kappa shape index (κ3) is 10.8. The van der Waals surface area contributed by atoms with Gasteiger partial charge in [0, 0.05) is 0 Å². The molecule has 0 atom stereocenters.